The lowest BCUT2D eigenvalue weighted by molar-refractivity contribution is -0.129. The molecule has 0 bridgehead atoms. The molecule has 1 saturated heterocycles. The number of fused-ring (bicyclic) bond motifs is 1. The van der Waals surface area contributed by atoms with Crippen LogP contribution in [-0.4, -0.2) is 68.6 Å². The summed E-state index contributed by atoms with van der Waals surface area (Å²) in [7, 11) is 2.00. The third-order valence-corrected chi connectivity index (χ3v) is 9.92. The maximum atomic E-state index is 12.9. The van der Waals surface area contributed by atoms with Gasteiger partial charge in [-0.3, -0.25) is 15.0 Å². The molecule has 1 amide bonds. The zero-order valence-electron chi connectivity index (χ0n) is 26.0. The number of Topliss-reactive ketones (excluding diaryl/α,β-unsaturated/α-hetero) is 1. The average Bonchev–Trinajstić information content (AvgIpc) is 3.10. The zero-order valence-corrected chi connectivity index (χ0v) is 26.0. The molecule has 7 nitrogen and oxygen atoms in total. The molecule has 2 rings (SSSR count). The summed E-state index contributed by atoms with van der Waals surface area (Å²) in [5.74, 6) is 1.68. The first-order chi connectivity index (χ1) is 18.0. The number of nitrogens with one attached hydrogen (secondary N) is 4. The van der Waals surface area contributed by atoms with Gasteiger partial charge in [-0.1, -0.05) is 74.1 Å². The van der Waals surface area contributed by atoms with Gasteiger partial charge in [0.05, 0.1) is 6.54 Å². The Morgan fingerprint density at radius 3 is 2.50 bits per heavy atom. The van der Waals surface area contributed by atoms with E-state index in [1.807, 2.05) is 12.1 Å². The van der Waals surface area contributed by atoms with Gasteiger partial charge in [-0.25, -0.2) is 5.01 Å². The van der Waals surface area contributed by atoms with Gasteiger partial charge in [0.2, 0.25) is 5.91 Å². The van der Waals surface area contributed by atoms with E-state index in [1.54, 1.807) is 0 Å². The van der Waals surface area contributed by atoms with Crippen LogP contribution in [0.2, 0.25) is 0 Å². The van der Waals surface area contributed by atoms with E-state index in [2.05, 4.69) is 69.8 Å². The van der Waals surface area contributed by atoms with Gasteiger partial charge < -0.3 is 16.0 Å². The lowest BCUT2D eigenvalue weighted by Crippen LogP contribution is -2.50. The van der Waals surface area contributed by atoms with Crippen LogP contribution < -0.4 is 21.4 Å². The summed E-state index contributed by atoms with van der Waals surface area (Å²) in [6.45, 7) is 20.0. The molecule has 1 heterocycles. The van der Waals surface area contributed by atoms with Gasteiger partial charge in [-0.15, -0.1) is 0 Å². The predicted molar refractivity (Wildman–Crippen MR) is 159 cm³/mol. The molecule has 1 saturated carbocycles. The monoisotopic (exact) mass is 535 g/mol. The van der Waals surface area contributed by atoms with E-state index < -0.39 is 0 Å². The molecule has 1 aliphatic carbocycles. The van der Waals surface area contributed by atoms with Gasteiger partial charge in [-0.05, 0) is 54.9 Å². The summed E-state index contributed by atoms with van der Waals surface area (Å²) in [5.41, 5.74) is 3.39. The molecule has 6 atom stereocenters. The van der Waals surface area contributed by atoms with Crippen molar-refractivity contribution in [3.8, 4) is 0 Å². The van der Waals surface area contributed by atoms with Gasteiger partial charge in [0.1, 0.15) is 5.78 Å². The highest BCUT2D eigenvalue weighted by Gasteiger charge is 2.56. The van der Waals surface area contributed by atoms with Crippen molar-refractivity contribution in [2.24, 2.45) is 28.6 Å². The fourth-order valence-corrected chi connectivity index (χ4v) is 7.12. The topological polar surface area (TPSA) is 85.5 Å². The maximum Gasteiger partial charge on any atom is 0.248 e. The number of nitrogens with zero attached hydrogens (tertiary/aromatic N) is 1. The number of ketones is 1. The second-order valence-electron chi connectivity index (χ2n) is 13.2. The SMILES string of the molecule is CCCCC1C(=O)CCC2(C)C(C)C(CC(C)(C)C(CCCC)CN(C)NC(=O)CNCCNCC)NC12. The van der Waals surface area contributed by atoms with Crippen molar-refractivity contribution in [1.82, 2.24) is 26.4 Å². The van der Waals surface area contributed by atoms with Crippen LogP contribution in [0.25, 0.3) is 0 Å². The van der Waals surface area contributed by atoms with E-state index in [4.69, 9.17) is 0 Å². The summed E-state index contributed by atoms with van der Waals surface area (Å²) in [6.07, 6.45) is 9.70. The molecule has 7 heteroatoms. The Balaban J connectivity index is 2.03. The molecule has 0 aromatic rings. The lowest BCUT2D eigenvalue weighted by atomic mass is 9.61. The van der Waals surface area contributed by atoms with Crippen LogP contribution in [0.15, 0.2) is 0 Å². The van der Waals surface area contributed by atoms with Crippen molar-refractivity contribution in [3.05, 3.63) is 0 Å². The summed E-state index contributed by atoms with van der Waals surface area (Å²) in [4.78, 5) is 25.4. The second-order valence-corrected chi connectivity index (χ2v) is 13.2. The minimum atomic E-state index is 0.0157. The lowest BCUT2D eigenvalue weighted by Gasteiger charge is -2.43. The standard InChI is InChI=1S/C31H61N5O2/c1-9-12-14-24(22-36(8)35-28(38)21-33-19-18-32-11-3)30(5,6)20-26-23(4)31(7)17-16-27(37)25(15-13-10-2)29(31)34-26/h23-26,29,32-34H,9-22H2,1-8H3,(H,35,38). The number of hydrogen-bond acceptors (Lipinski definition) is 6. The Hall–Kier alpha value is -1.02. The van der Waals surface area contributed by atoms with E-state index in [-0.39, 0.29) is 22.7 Å². The Labute approximate surface area is 234 Å². The highest BCUT2D eigenvalue weighted by atomic mass is 16.2. The highest BCUT2D eigenvalue weighted by Crippen LogP contribution is 2.52. The Kier molecular flexibility index (Phi) is 13.7. The first-order valence-corrected chi connectivity index (χ1v) is 15.7. The summed E-state index contributed by atoms with van der Waals surface area (Å²) in [6, 6.07) is 0.724. The van der Waals surface area contributed by atoms with E-state index in [9.17, 15) is 9.59 Å². The third kappa shape index (κ3) is 9.00. The first kappa shape index (κ1) is 33.2. The molecule has 4 N–H and O–H groups in total. The fraction of sp³-hybridized carbons (Fsp3) is 0.935. The molecule has 0 spiro atoms. The van der Waals surface area contributed by atoms with Gasteiger partial charge >= 0.3 is 0 Å². The summed E-state index contributed by atoms with van der Waals surface area (Å²) < 4.78 is 0. The molecule has 0 aromatic carbocycles. The van der Waals surface area contributed by atoms with Crippen molar-refractivity contribution < 1.29 is 9.59 Å². The number of hydrogen-bond donors (Lipinski definition) is 4. The van der Waals surface area contributed by atoms with E-state index in [0.29, 0.717) is 36.2 Å². The molecular weight excluding hydrogens is 474 g/mol. The average molecular weight is 536 g/mol. The van der Waals surface area contributed by atoms with Crippen LogP contribution >= 0.6 is 0 Å². The Morgan fingerprint density at radius 2 is 1.84 bits per heavy atom. The van der Waals surface area contributed by atoms with Crippen LogP contribution in [0, 0.1) is 28.6 Å². The fourth-order valence-electron chi connectivity index (χ4n) is 7.12. The van der Waals surface area contributed by atoms with Crippen molar-refractivity contribution in [3.63, 3.8) is 0 Å². The predicted octanol–water partition coefficient (Wildman–Crippen LogP) is 4.52. The van der Waals surface area contributed by atoms with E-state index >= 15 is 0 Å². The second kappa shape index (κ2) is 15.7. The normalized spacial score (nSPS) is 28.5. The minimum absolute atomic E-state index is 0.0157. The number of unbranched alkanes of at least 4 members (excludes halogenated alkanes) is 2. The smallest absolute Gasteiger partial charge is 0.248 e. The Morgan fingerprint density at radius 1 is 1.16 bits per heavy atom. The van der Waals surface area contributed by atoms with Gasteiger partial charge in [-0.2, -0.15) is 0 Å². The minimum Gasteiger partial charge on any atom is -0.316 e. The van der Waals surface area contributed by atoms with Crippen LogP contribution in [0.5, 0.6) is 0 Å². The van der Waals surface area contributed by atoms with Crippen LogP contribution in [0.3, 0.4) is 0 Å². The molecule has 6 unspecified atom stereocenters. The number of hydrazine groups is 1. The molecule has 2 aliphatic rings. The Bertz CT molecular complexity index is 729. The quantitative estimate of drug-likeness (QED) is 0.153. The van der Waals surface area contributed by atoms with E-state index in [1.165, 1.54) is 12.8 Å². The van der Waals surface area contributed by atoms with Gasteiger partial charge in [0.25, 0.3) is 0 Å². The number of likely N-dealkylation sites (N-methyl/N-ethyl adjacent to an activating group) is 1. The number of amides is 1. The van der Waals surface area contributed by atoms with Crippen molar-refractivity contribution in [1.29, 1.82) is 0 Å². The molecule has 38 heavy (non-hydrogen) atoms. The van der Waals surface area contributed by atoms with Crippen molar-refractivity contribution in [2.75, 3.05) is 39.8 Å². The largest absolute Gasteiger partial charge is 0.316 e. The first-order valence-electron chi connectivity index (χ1n) is 15.7. The van der Waals surface area contributed by atoms with Crippen LogP contribution in [-0.2, 0) is 9.59 Å². The summed E-state index contributed by atoms with van der Waals surface area (Å²) in [5, 5.41) is 12.5. The molecule has 1 aliphatic heterocycles. The highest BCUT2D eigenvalue weighted by molar-refractivity contribution is 5.83. The van der Waals surface area contributed by atoms with Crippen LogP contribution in [0.1, 0.15) is 106 Å². The van der Waals surface area contributed by atoms with Crippen molar-refractivity contribution in [2.45, 2.75) is 118 Å². The number of rotatable bonds is 18. The molecular formula is C31H61N5O2. The molecule has 222 valence electrons. The number of carbonyl (C=O) groups excluding carboxylic acids is 2. The maximum absolute atomic E-state index is 12.9. The molecule has 2 fully saturated rings. The van der Waals surface area contributed by atoms with Gasteiger partial charge in [0.15, 0.2) is 0 Å². The third-order valence-electron chi connectivity index (χ3n) is 9.92. The van der Waals surface area contributed by atoms with Gasteiger partial charge in [0, 0.05) is 51.1 Å². The zero-order chi connectivity index (χ0) is 28.3. The molecule has 0 aromatic heterocycles. The molecule has 0 radical (unpaired) electrons. The van der Waals surface area contributed by atoms with E-state index in [0.717, 1.165) is 71.1 Å². The van der Waals surface area contributed by atoms with Crippen molar-refractivity contribution >= 4 is 11.7 Å². The number of carbonyl (C=O) groups is 2. The summed E-state index contributed by atoms with van der Waals surface area (Å²) >= 11 is 0. The van der Waals surface area contributed by atoms with Crippen LogP contribution in [0.4, 0.5) is 0 Å².